The molecule has 0 radical (unpaired) electrons. The predicted octanol–water partition coefficient (Wildman–Crippen LogP) is 5.32. The van der Waals surface area contributed by atoms with Crippen molar-refractivity contribution >= 4 is 17.5 Å². The van der Waals surface area contributed by atoms with Gasteiger partial charge in [0, 0.05) is 43.9 Å². The van der Waals surface area contributed by atoms with Crippen LogP contribution in [0.1, 0.15) is 59.2 Å². The third kappa shape index (κ3) is 6.08. The van der Waals surface area contributed by atoms with Crippen molar-refractivity contribution in [1.29, 1.82) is 0 Å². The number of aliphatic hydroxyl groups is 1. The molecule has 3 fully saturated rings. The van der Waals surface area contributed by atoms with Crippen LogP contribution in [0.15, 0.2) is 42.0 Å². The molecular formula is C33H37F4N3O4. The lowest BCUT2D eigenvalue weighted by Crippen LogP contribution is -2.48. The predicted molar refractivity (Wildman–Crippen MR) is 155 cm³/mol. The van der Waals surface area contributed by atoms with Crippen LogP contribution < -0.4 is 15.4 Å². The zero-order valence-electron chi connectivity index (χ0n) is 24.6. The number of carbonyl (C=O) groups excluding carboxylic acids is 2. The summed E-state index contributed by atoms with van der Waals surface area (Å²) in [5.74, 6) is -2.29. The SMILES string of the molecule is COc1cc2c(cc1C(=O)N[C@@H]1C3CCC(/C3=C/C3CC3)[C@@H]1C(=O)Nc1ccc(F)c(C(F)(F)F)c1)CN(CCCO)CC2. The van der Waals surface area contributed by atoms with Gasteiger partial charge in [-0.25, -0.2) is 4.39 Å². The minimum Gasteiger partial charge on any atom is -0.496 e. The van der Waals surface area contributed by atoms with E-state index in [4.69, 9.17) is 4.74 Å². The van der Waals surface area contributed by atoms with Crippen molar-refractivity contribution in [3.8, 4) is 5.75 Å². The Morgan fingerprint density at radius 3 is 2.57 bits per heavy atom. The number of hydrogen-bond donors (Lipinski definition) is 3. The number of amides is 2. The molecule has 4 atom stereocenters. The van der Waals surface area contributed by atoms with Crippen molar-refractivity contribution in [2.24, 2.45) is 23.7 Å². The smallest absolute Gasteiger partial charge is 0.419 e. The van der Waals surface area contributed by atoms with E-state index in [1.165, 1.54) is 7.11 Å². The molecule has 1 heterocycles. The minimum absolute atomic E-state index is 0.0585. The van der Waals surface area contributed by atoms with E-state index in [0.29, 0.717) is 42.3 Å². The first-order valence-electron chi connectivity index (χ1n) is 15.3. The van der Waals surface area contributed by atoms with Gasteiger partial charge in [0.2, 0.25) is 5.91 Å². The number of alkyl halides is 3. The zero-order chi connectivity index (χ0) is 31.2. The number of allylic oxidation sites excluding steroid dienone is 1. The van der Waals surface area contributed by atoms with Gasteiger partial charge in [-0.05, 0) is 91.8 Å². The highest BCUT2D eigenvalue weighted by Crippen LogP contribution is 2.54. The molecule has 2 aromatic carbocycles. The highest BCUT2D eigenvalue weighted by atomic mass is 19.4. The fraction of sp³-hybridized carbons (Fsp3) is 0.515. The normalized spacial score (nSPS) is 25.6. The molecule has 3 aliphatic carbocycles. The standard InChI is InChI=1S/C33H37F4N3O4/c1-44-28-15-19-9-11-40(10-2-12-41)17-20(19)14-25(28)31(42)39-30-23-7-6-22(24(23)13-18-3-4-18)29(30)32(43)38-21-5-8-27(34)26(16-21)33(35,36)37/h5,8,13-16,18,22-23,29-30,41H,2-4,6-7,9-12,17H2,1H3,(H,38,43)(H,39,42)/b24-13-/t22?,23?,29-,30+/m0/s1. The van der Waals surface area contributed by atoms with Gasteiger partial charge < -0.3 is 20.5 Å². The Bertz CT molecular complexity index is 1470. The summed E-state index contributed by atoms with van der Waals surface area (Å²) in [5, 5.41) is 15.0. The Morgan fingerprint density at radius 2 is 1.86 bits per heavy atom. The molecule has 0 spiro atoms. The number of fused-ring (bicyclic) bond motifs is 3. The molecule has 7 nitrogen and oxygen atoms in total. The maximum atomic E-state index is 13.9. The van der Waals surface area contributed by atoms with Crippen LogP contribution in [0.2, 0.25) is 0 Å². The minimum atomic E-state index is -4.91. The maximum Gasteiger partial charge on any atom is 0.419 e. The van der Waals surface area contributed by atoms with Crippen molar-refractivity contribution in [2.45, 2.75) is 57.3 Å². The van der Waals surface area contributed by atoms with Gasteiger partial charge in [0.15, 0.2) is 0 Å². The highest BCUT2D eigenvalue weighted by Gasteiger charge is 2.55. The molecule has 4 aliphatic rings. The number of anilines is 1. The molecule has 0 saturated heterocycles. The summed E-state index contributed by atoms with van der Waals surface area (Å²) < 4.78 is 59.6. The van der Waals surface area contributed by atoms with E-state index in [1.807, 2.05) is 12.1 Å². The third-order valence-corrected chi connectivity index (χ3v) is 9.58. The van der Waals surface area contributed by atoms with Crippen molar-refractivity contribution in [3.05, 3.63) is 70.1 Å². The topological polar surface area (TPSA) is 90.9 Å². The Kier molecular flexibility index (Phi) is 8.45. The lowest BCUT2D eigenvalue weighted by Gasteiger charge is -2.31. The molecule has 3 N–H and O–H groups in total. The van der Waals surface area contributed by atoms with Gasteiger partial charge in [-0.1, -0.05) is 11.6 Å². The van der Waals surface area contributed by atoms with Crippen molar-refractivity contribution in [3.63, 3.8) is 0 Å². The second-order valence-corrected chi connectivity index (χ2v) is 12.4. The number of hydrogen-bond acceptors (Lipinski definition) is 5. The highest BCUT2D eigenvalue weighted by molar-refractivity contribution is 5.99. The number of nitrogens with one attached hydrogen (secondary N) is 2. The van der Waals surface area contributed by atoms with E-state index < -0.39 is 35.4 Å². The second kappa shape index (κ2) is 12.2. The molecule has 6 rings (SSSR count). The first kappa shape index (κ1) is 30.6. The molecule has 2 amide bonds. The average molecular weight is 616 g/mol. The first-order valence-corrected chi connectivity index (χ1v) is 15.3. The molecule has 2 bridgehead atoms. The third-order valence-electron chi connectivity index (χ3n) is 9.58. The van der Waals surface area contributed by atoms with Crippen LogP contribution in [-0.4, -0.2) is 54.7 Å². The van der Waals surface area contributed by atoms with Crippen molar-refractivity contribution in [2.75, 3.05) is 32.1 Å². The number of rotatable bonds is 9. The van der Waals surface area contributed by atoms with Crippen LogP contribution >= 0.6 is 0 Å². The Labute approximate surface area is 253 Å². The van der Waals surface area contributed by atoms with Crippen LogP contribution in [-0.2, 0) is 23.9 Å². The monoisotopic (exact) mass is 615 g/mol. The Morgan fingerprint density at radius 1 is 1.09 bits per heavy atom. The number of benzene rings is 2. The van der Waals surface area contributed by atoms with Crippen LogP contribution in [0.4, 0.5) is 23.2 Å². The van der Waals surface area contributed by atoms with Crippen molar-refractivity contribution < 1.29 is 37.0 Å². The summed E-state index contributed by atoms with van der Waals surface area (Å²) in [6.45, 7) is 2.35. The number of aliphatic hydroxyl groups excluding tert-OH is 1. The summed E-state index contributed by atoms with van der Waals surface area (Å²) in [6, 6.07) is 5.60. The first-order chi connectivity index (χ1) is 21.1. The molecule has 11 heteroatoms. The fourth-order valence-electron chi connectivity index (χ4n) is 7.31. The largest absolute Gasteiger partial charge is 0.496 e. The van der Waals surface area contributed by atoms with Gasteiger partial charge >= 0.3 is 6.18 Å². The molecule has 1 aliphatic heterocycles. The Hall–Kier alpha value is -3.44. The van der Waals surface area contributed by atoms with Crippen LogP contribution in [0.5, 0.6) is 5.75 Å². The summed E-state index contributed by atoms with van der Waals surface area (Å²) in [4.78, 5) is 29.9. The van der Waals surface area contributed by atoms with E-state index in [2.05, 4.69) is 21.6 Å². The molecular weight excluding hydrogens is 578 g/mol. The van der Waals surface area contributed by atoms with Gasteiger partial charge in [-0.15, -0.1) is 0 Å². The van der Waals surface area contributed by atoms with E-state index in [1.54, 1.807) is 0 Å². The molecule has 44 heavy (non-hydrogen) atoms. The van der Waals surface area contributed by atoms with Gasteiger partial charge in [0.05, 0.1) is 24.2 Å². The second-order valence-electron chi connectivity index (χ2n) is 12.4. The number of ether oxygens (including phenoxy) is 1. The number of methoxy groups -OCH3 is 1. The van der Waals surface area contributed by atoms with E-state index >= 15 is 0 Å². The lowest BCUT2D eigenvalue weighted by atomic mass is 9.83. The van der Waals surface area contributed by atoms with Crippen LogP contribution in [0.3, 0.4) is 0 Å². The molecule has 236 valence electrons. The van der Waals surface area contributed by atoms with E-state index in [-0.39, 0.29) is 30.0 Å². The van der Waals surface area contributed by atoms with Crippen LogP contribution in [0.25, 0.3) is 0 Å². The molecule has 0 aromatic heterocycles. The average Bonchev–Trinajstić information content (AvgIpc) is 3.67. The molecule has 3 saturated carbocycles. The Balaban J connectivity index is 1.27. The summed E-state index contributed by atoms with van der Waals surface area (Å²) >= 11 is 0. The summed E-state index contributed by atoms with van der Waals surface area (Å²) in [6.07, 6.45) is 2.49. The van der Waals surface area contributed by atoms with Crippen LogP contribution in [0, 0.1) is 29.5 Å². The lowest BCUT2D eigenvalue weighted by molar-refractivity contribution is -0.140. The van der Waals surface area contributed by atoms with E-state index in [0.717, 1.165) is 68.0 Å². The fourth-order valence-corrected chi connectivity index (χ4v) is 7.31. The number of halogens is 4. The number of carbonyl (C=O) groups is 2. The zero-order valence-corrected chi connectivity index (χ0v) is 24.6. The van der Waals surface area contributed by atoms with Gasteiger partial charge in [-0.2, -0.15) is 13.2 Å². The van der Waals surface area contributed by atoms with Gasteiger partial charge in [0.25, 0.3) is 5.91 Å². The number of nitrogens with zero attached hydrogens (tertiary/aromatic N) is 1. The van der Waals surface area contributed by atoms with Gasteiger partial charge in [0.1, 0.15) is 11.6 Å². The van der Waals surface area contributed by atoms with Gasteiger partial charge in [-0.3, -0.25) is 14.5 Å². The summed E-state index contributed by atoms with van der Waals surface area (Å²) in [7, 11) is 1.51. The molecule has 2 unspecified atom stereocenters. The summed E-state index contributed by atoms with van der Waals surface area (Å²) in [5.41, 5.74) is 2.02. The molecule has 2 aromatic rings. The maximum absolute atomic E-state index is 13.9. The van der Waals surface area contributed by atoms with Crippen molar-refractivity contribution in [1.82, 2.24) is 10.2 Å². The quantitative estimate of drug-likeness (QED) is 0.263. The van der Waals surface area contributed by atoms with E-state index in [9.17, 15) is 32.3 Å².